The molecule has 0 N–H and O–H groups in total. The van der Waals surface area contributed by atoms with Gasteiger partial charge in [0.15, 0.2) is 0 Å². The third-order valence-corrected chi connectivity index (χ3v) is 14.1. The number of rotatable bonds is 15. The quantitative estimate of drug-likeness (QED) is 0.103. The van der Waals surface area contributed by atoms with Crippen molar-refractivity contribution in [2.24, 2.45) is 30.7 Å². The molecule has 11 heteroatoms. The number of hydrogen-bond acceptors (Lipinski definition) is 8. The maximum Gasteiger partial charge on any atom is 0.305 e. The molecule has 3 fully saturated rings. The van der Waals surface area contributed by atoms with E-state index in [1.54, 1.807) is 19.2 Å². The minimum Gasteiger partial charge on any atom is -0.469 e. The molecule has 3 aliphatic rings. The van der Waals surface area contributed by atoms with Crippen molar-refractivity contribution in [3.05, 3.63) is 91.3 Å². The second kappa shape index (κ2) is 16.0. The maximum atomic E-state index is 13.0. The molecule has 0 spiro atoms. The van der Waals surface area contributed by atoms with Gasteiger partial charge in [0, 0.05) is 75.3 Å². The number of hydrogen-bond donors (Lipinski definition) is 0. The van der Waals surface area contributed by atoms with Crippen LogP contribution in [0.5, 0.6) is 0 Å². The highest BCUT2D eigenvalue weighted by atomic mass is 32.2. The van der Waals surface area contributed by atoms with Crippen LogP contribution in [0.4, 0.5) is 5.69 Å². The molecule has 4 aromatic rings. The zero-order valence-electron chi connectivity index (χ0n) is 30.7. The SMILES string of the molecule is COC(=O)CCCC[C@H]1CCC[C@@H]1C(Cn1ccnc1)(c1ccccc1)C1CCN(CC2CN(c3ccc(S(=O)(=O)c4cnn(C)c4)cc3)C2)CC1. The van der Waals surface area contributed by atoms with E-state index in [9.17, 15) is 13.2 Å². The first-order valence-electron chi connectivity index (χ1n) is 19.2. The van der Waals surface area contributed by atoms with E-state index in [-0.39, 0.29) is 16.3 Å². The maximum absolute atomic E-state index is 13.0. The van der Waals surface area contributed by atoms with Gasteiger partial charge in [-0.05, 0) is 86.4 Å². The first-order chi connectivity index (χ1) is 25.3. The number of methoxy groups -OCH3 is 1. The van der Waals surface area contributed by atoms with Crippen molar-refractivity contribution in [2.75, 3.05) is 44.7 Å². The highest BCUT2D eigenvalue weighted by Gasteiger charge is 2.51. The van der Waals surface area contributed by atoms with Crippen molar-refractivity contribution < 1.29 is 17.9 Å². The number of aryl methyl sites for hydroxylation is 1. The Labute approximate surface area is 309 Å². The van der Waals surface area contributed by atoms with E-state index in [1.165, 1.54) is 68.3 Å². The van der Waals surface area contributed by atoms with Crippen molar-refractivity contribution in [3.8, 4) is 0 Å². The monoisotopic (exact) mass is 726 g/mol. The van der Waals surface area contributed by atoms with Crippen LogP contribution in [0.2, 0.25) is 0 Å². The number of benzene rings is 2. The summed E-state index contributed by atoms with van der Waals surface area (Å²) in [5.74, 6) is 2.28. The summed E-state index contributed by atoms with van der Waals surface area (Å²) in [6.45, 7) is 6.24. The number of carbonyl (C=O) groups excluding carboxylic acids is 1. The highest BCUT2D eigenvalue weighted by Crippen LogP contribution is 2.54. The molecule has 10 nitrogen and oxygen atoms in total. The lowest BCUT2D eigenvalue weighted by molar-refractivity contribution is -0.140. The summed E-state index contributed by atoms with van der Waals surface area (Å²) >= 11 is 0. The van der Waals surface area contributed by atoms with Gasteiger partial charge in [-0.3, -0.25) is 9.48 Å². The van der Waals surface area contributed by atoms with Gasteiger partial charge < -0.3 is 19.1 Å². The number of likely N-dealkylation sites (tertiary alicyclic amines) is 1. The number of anilines is 1. The topological polar surface area (TPSA) is 103 Å². The summed E-state index contributed by atoms with van der Waals surface area (Å²) < 4.78 is 34.8. The Morgan fingerprint density at radius 2 is 1.73 bits per heavy atom. The van der Waals surface area contributed by atoms with Crippen molar-refractivity contribution in [2.45, 2.75) is 79.5 Å². The summed E-state index contributed by atoms with van der Waals surface area (Å²) in [6, 6.07) is 18.7. The zero-order valence-corrected chi connectivity index (χ0v) is 31.5. The lowest BCUT2D eigenvalue weighted by Gasteiger charge is -2.51. The second-order valence-electron chi connectivity index (χ2n) is 15.5. The van der Waals surface area contributed by atoms with E-state index in [2.05, 4.69) is 61.0 Å². The number of aromatic nitrogens is 4. The van der Waals surface area contributed by atoms with E-state index in [0.29, 0.717) is 35.0 Å². The first-order valence-corrected chi connectivity index (χ1v) is 20.6. The summed E-state index contributed by atoms with van der Waals surface area (Å²) in [6.07, 6.45) is 18.8. The van der Waals surface area contributed by atoms with Gasteiger partial charge in [-0.1, -0.05) is 56.0 Å². The number of unbranched alkanes of at least 4 members (excludes halogenated alkanes) is 1. The van der Waals surface area contributed by atoms with Crippen LogP contribution in [-0.2, 0) is 38.4 Å². The minimum absolute atomic E-state index is 0.0154. The third-order valence-electron chi connectivity index (χ3n) is 12.4. The fraction of sp³-hybridized carbons (Fsp3) is 0.537. The van der Waals surface area contributed by atoms with Gasteiger partial charge in [-0.15, -0.1) is 0 Å². The third kappa shape index (κ3) is 7.71. The van der Waals surface area contributed by atoms with Gasteiger partial charge in [0.2, 0.25) is 9.84 Å². The number of imidazole rings is 1. The van der Waals surface area contributed by atoms with Crippen molar-refractivity contribution in [3.63, 3.8) is 0 Å². The Kier molecular flexibility index (Phi) is 11.2. The molecule has 3 atom stereocenters. The summed E-state index contributed by atoms with van der Waals surface area (Å²) in [4.78, 5) is 21.9. The van der Waals surface area contributed by atoms with Crippen LogP contribution in [0.15, 0.2) is 95.5 Å². The normalized spacial score (nSPS) is 21.5. The average Bonchev–Trinajstić information content (AvgIpc) is 3.95. The molecule has 52 heavy (non-hydrogen) atoms. The number of piperidine rings is 1. The molecule has 2 aliphatic heterocycles. The Morgan fingerprint density at radius 1 is 0.962 bits per heavy atom. The number of carbonyl (C=O) groups is 1. The summed E-state index contributed by atoms with van der Waals surface area (Å²) in [7, 11) is -0.373. The number of nitrogens with zero attached hydrogens (tertiary/aromatic N) is 6. The molecule has 2 aromatic heterocycles. The number of ether oxygens (including phenoxy) is 1. The molecule has 1 aliphatic carbocycles. The second-order valence-corrected chi connectivity index (χ2v) is 17.4. The standard InChI is InChI=1S/C41H54N6O4S/c1-44-29-38(25-43-44)52(49,50)37-17-15-36(16-18-37)47-27-32(28-47)26-45-22-19-35(20-23-45)41(30-46-24-21-42-31-46,34-11-4-3-5-12-34)39-13-8-10-33(39)9-6-7-14-40(48)51-2/h3-5,11-12,15-18,21,24-25,29,31-33,35,39H,6-10,13-14,19-20,22-23,26-28,30H2,1-2H3/t33-,39-,41?/m0/s1. The number of sulfone groups is 1. The predicted octanol–water partition coefficient (Wildman–Crippen LogP) is 6.39. The van der Waals surface area contributed by atoms with E-state index in [4.69, 9.17) is 4.74 Å². The van der Waals surface area contributed by atoms with Gasteiger partial charge in [0.1, 0.15) is 4.90 Å². The molecule has 0 radical (unpaired) electrons. The molecule has 1 saturated carbocycles. The molecule has 2 aromatic carbocycles. The van der Waals surface area contributed by atoms with Crippen LogP contribution in [0.1, 0.15) is 63.4 Å². The smallest absolute Gasteiger partial charge is 0.305 e. The Hall–Kier alpha value is -3.96. The lowest BCUT2D eigenvalue weighted by Crippen LogP contribution is -2.54. The molecule has 4 heterocycles. The first kappa shape index (κ1) is 36.4. The van der Waals surface area contributed by atoms with Gasteiger partial charge >= 0.3 is 5.97 Å². The van der Waals surface area contributed by atoms with E-state index in [0.717, 1.165) is 57.8 Å². The van der Waals surface area contributed by atoms with E-state index in [1.807, 2.05) is 24.7 Å². The van der Waals surface area contributed by atoms with Gasteiger partial charge in [0.05, 0.1) is 24.5 Å². The highest BCUT2D eigenvalue weighted by molar-refractivity contribution is 7.91. The zero-order chi connectivity index (χ0) is 36.1. The Balaban J connectivity index is 1.00. The Morgan fingerprint density at radius 3 is 2.40 bits per heavy atom. The van der Waals surface area contributed by atoms with Gasteiger partial charge in [-0.2, -0.15) is 5.10 Å². The predicted molar refractivity (Wildman–Crippen MR) is 202 cm³/mol. The Bertz CT molecular complexity index is 1850. The molecule has 0 bridgehead atoms. The van der Waals surface area contributed by atoms with Crippen LogP contribution < -0.4 is 4.90 Å². The molecular weight excluding hydrogens is 673 g/mol. The van der Waals surface area contributed by atoms with Gasteiger partial charge in [-0.25, -0.2) is 13.4 Å². The van der Waals surface area contributed by atoms with Crippen LogP contribution in [0, 0.1) is 23.7 Å². The summed E-state index contributed by atoms with van der Waals surface area (Å²) in [5, 5.41) is 4.03. The van der Waals surface area contributed by atoms with Crippen LogP contribution in [-0.4, -0.2) is 78.5 Å². The molecule has 2 saturated heterocycles. The van der Waals surface area contributed by atoms with E-state index >= 15 is 0 Å². The number of esters is 1. The van der Waals surface area contributed by atoms with Crippen LogP contribution in [0.25, 0.3) is 0 Å². The van der Waals surface area contributed by atoms with Crippen molar-refractivity contribution in [1.29, 1.82) is 0 Å². The molecule has 7 rings (SSSR count). The fourth-order valence-electron chi connectivity index (χ4n) is 9.76. The minimum atomic E-state index is -3.57. The van der Waals surface area contributed by atoms with E-state index < -0.39 is 9.84 Å². The molecule has 278 valence electrons. The fourth-order valence-corrected chi connectivity index (χ4v) is 11.0. The molecule has 0 amide bonds. The largest absolute Gasteiger partial charge is 0.469 e. The van der Waals surface area contributed by atoms with Crippen LogP contribution in [0.3, 0.4) is 0 Å². The van der Waals surface area contributed by atoms with Gasteiger partial charge in [0.25, 0.3) is 0 Å². The molecular formula is C41H54N6O4S. The van der Waals surface area contributed by atoms with Crippen LogP contribution >= 0.6 is 0 Å². The van der Waals surface area contributed by atoms with Crippen molar-refractivity contribution >= 4 is 21.5 Å². The summed E-state index contributed by atoms with van der Waals surface area (Å²) in [5.41, 5.74) is 2.56. The molecule has 1 unspecified atom stereocenters. The van der Waals surface area contributed by atoms with Crippen molar-refractivity contribution in [1.82, 2.24) is 24.2 Å². The lowest BCUT2D eigenvalue weighted by atomic mass is 9.56. The average molecular weight is 727 g/mol.